The van der Waals surface area contributed by atoms with Gasteiger partial charge < -0.3 is 19.8 Å². The topological polar surface area (TPSA) is 107 Å². The van der Waals surface area contributed by atoms with Crippen LogP contribution >= 0.6 is 0 Å². The maximum atomic E-state index is 10.0. The van der Waals surface area contributed by atoms with Gasteiger partial charge in [-0.05, 0) is 39.0 Å². The molecule has 1 saturated heterocycles. The van der Waals surface area contributed by atoms with E-state index in [0.717, 1.165) is 16.7 Å². The molecule has 1 aromatic carbocycles. The largest absolute Gasteiger partial charge is 0.491 e. The molecule has 8 heteroatoms. The lowest BCUT2D eigenvalue weighted by Gasteiger charge is -2.23. The third kappa shape index (κ3) is 3.22. The number of benzene rings is 1. The highest BCUT2D eigenvalue weighted by molar-refractivity contribution is 5.93. The molecule has 3 aromatic rings. The van der Waals surface area contributed by atoms with Crippen molar-refractivity contribution < 1.29 is 14.9 Å². The molecule has 27 heavy (non-hydrogen) atoms. The van der Waals surface area contributed by atoms with Crippen molar-refractivity contribution in [2.45, 2.75) is 45.1 Å². The predicted octanol–water partition coefficient (Wildman–Crippen LogP) is 1.74. The fraction of sp³-hybridized carbons (Fsp3) is 0.421. The quantitative estimate of drug-likeness (QED) is 0.643. The monoisotopic (exact) mass is 369 g/mol. The van der Waals surface area contributed by atoms with E-state index in [-0.39, 0.29) is 12.1 Å². The number of hydrogen-bond acceptors (Lipinski definition) is 7. The predicted molar refractivity (Wildman–Crippen MR) is 102 cm³/mol. The standard InChI is InChI=1S/C19H23N5O3/c1-10(2)27-12-4-5-14-13(6-12)18(23-22-14)15-7-17(21-9-20-15)24-8-16(25)19(26)11(24)3/h4-7,9-11,16,19,25-26H,8H2,1-3H3,(H,22,23)/t11-,16-,19-/m0/s1. The zero-order valence-corrected chi connectivity index (χ0v) is 15.5. The molecule has 0 spiro atoms. The smallest absolute Gasteiger partial charge is 0.133 e. The van der Waals surface area contributed by atoms with Crippen molar-refractivity contribution in [1.82, 2.24) is 20.2 Å². The van der Waals surface area contributed by atoms with E-state index in [1.807, 2.05) is 49.9 Å². The highest BCUT2D eigenvalue weighted by Crippen LogP contribution is 2.31. The van der Waals surface area contributed by atoms with Crippen molar-refractivity contribution in [1.29, 1.82) is 0 Å². The first-order valence-electron chi connectivity index (χ1n) is 9.04. The molecule has 1 aliphatic rings. The van der Waals surface area contributed by atoms with E-state index < -0.39 is 12.2 Å². The van der Waals surface area contributed by atoms with Crippen LogP contribution in [0, 0.1) is 0 Å². The second kappa shape index (κ2) is 6.79. The van der Waals surface area contributed by atoms with Crippen molar-refractivity contribution in [3.05, 3.63) is 30.6 Å². The van der Waals surface area contributed by atoms with E-state index in [1.54, 1.807) is 0 Å². The number of aliphatic hydroxyl groups is 2. The molecule has 3 atom stereocenters. The number of nitrogens with one attached hydrogen (secondary N) is 1. The first-order valence-corrected chi connectivity index (χ1v) is 9.04. The van der Waals surface area contributed by atoms with Crippen LogP contribution in [0.1, 0.15) is 20.8 Å². The van der Waals surface area contributed by atoms with Gasteiger partial charge in [-0.25, -0.2) is 9.97 Å². The van der Waals surface area contributed by atoms with Gasteiger partial charge in [-0.2, -0.15) is 5.10 Å². The molecule has 0 radical (unpaired) electrons. The Morgan fingerprint density at radius 1 is 1.22 bits per heavy atom. The van der Waals surface area contributed by atoms with Gasteiger partial charge in [0, 0.05) is 18.0 Å². The number of ether oxygens (including phenoxy) is 1. The summed E-state index contributed by atoms with van der Waals surface area (Å²) < 4.78 is 5.79. The minimum Gasteiger partial charge on any atom is -0.491 e. The highest BCUT2D eigenvalue weighted by Gasteiger charge is 2.37. The lowest BCUT2D eigenvalue weighted by atomic mass is 10.1. The number of fused-ring (bicyclic) bond motifs is 1. The van der Waals surface area contributed by atoms with E-state index >= 15 is 0 Å². The SMILES string of the molecule is CC(C)Oc1ccc2[nH]nc(-c3cc(N4C[C@H](O)[C@@H](O)[C@@H]4C)ncn3)c2c1. The molecule has 4 rings (SSSR count). The molecule has 2 aromatic heterocycles. The zero-order valence-electron chi connectivity index (χ0n) is 15.5. The van der Waals surface area contributed by atoms with Gasteiger partial charge in [0.05, 0.1) is 29.5 Å². The third-order valence-electron chi connectivity index (χ3n) is 4.86. The van der Waals surface area contributed by atoms with Crippen LogP contribution in [-0.2, 0) is 0 Å². The number of H-pyrrole nitrogens is 1. The average Bonchev–Trinajstić information content (AvgIpc) is 3.17. The summed E-state index contributed by atoms with van der Waals surface area (Å²) in [7, 11) is 0. The Morgan fingerprint density at radius 3 is 2.74 bits per heavy atom. The molecule has 8 nitrogen and oxygen atoms in total. The van der Waals surface area contributed by atoms with Crippen molar-refractivity contribution in [3.63, 3.8) is 0 Å². The lowest BCUT2D eigenvalue weighted by molar-refractivity contribution is 0.0438. The zero-order chi connectivity index (χ0) is 19.1. The van der Waals surface area contributed by atoms with Crippen LogP contribution in [0.5, 0.6) is 5.75 Å². The van der Waals surface area contributed by atoms with Crippen molar-refractivity contribution in [2.24, 2.45) is 0 Å². The number of β-amino-alcohol motifs (C(OH)–C–C–N with tert-alkyl or cyclic N) is 1. The Labute approximate surface area is 156 Å². The minimum atomic E-state index is -0.801. The maximum absolute atomic E-state index is 10.0. The van der Waals surface area contributed by atoms with Crippen LogP contribution in [0.2, 0.25) is 0 Å². The van der Waals surface area contributed by atoms with Crippen LogP contribution in [0.15, 0.2) is 30.6 Å². The Bertz CT molecular complexity index is 957. The summed E-state index contributed by atoms with van der Waals surface area (Å²) in [6.45, 7) is 6.16. The number of anilines is 1. The normalized spacial score (nSPS) is 22.7. The first kappa shape index (κ1) is 17.7. The molecule has 0 amide bonds. The Morgan fingerprint density at radius 2 is 2.04 bits per heavy atom. The molecule has 142 valence electrons. The van der Waals surface area contributed by atoms with Crippen LogP contribution in [0.4, 0.5) is 5.82 Å². The summed E-state index contributed by atoms with van der Waals surface area (Å²) in [5, 5.41) is 28.3. The van der Waals surface area contributed by atoms with Crippen molar-refractivity contribution in [3.8, 4) is 17.1 Å². The highest BCUT2D eigenvalue weighted by atomic mass is 16.5. The molecule has 3 N–H and O–H groups in total. The van der Waals surface area contributed by atoms with E-state index in [9.17, 15) is 10.2 Å². The summed E-state index contributed by atoms with van der Waals surface area (Å²) in [5.41, 5.74) is 2.26. The van der Waals surface area contributed by atoms with Crippen LogP contribution in [-0.4, -0.2) is 61.3 Å². The average molecular weight is 369 g/mol. The Kier molecular flexibility index (Phi) is 4.45. The fourth-order valence-corrected chi connectivity index (χ4v) is 3.45. The molecule has 0 unspecified atom stereocenters. The Hall–Kier alpha value is -2.71. The molecular weight excluding hydrogens is 346 g/mol. The van der Waals surface area contributed by atoms with Crippen LogP contribution in [0.25, 0.3) is 22.3 Å². The van der Waals surface area contributed by atoms with E-state index in [2.05, 4.69) is 20.2 Å². The fourth-order valence-electron chi connectivity index (χ4n) is 3.45. The summed E-state index contributed by atoms with van der Waals surface area (Å²) in [6.07, 6.45) is -0.0348. The van der Waals surface area contributed by atoms with Gasteiger partial charge in [-0.1, -0.05) is 0 Å². The van der Waals surface area contributed by atoms with Gasteiger partial charge in [-0.15, -0.1) is 0 Å². The second-order valence-electron chi connectivity index (χ2n) is 7.16. The van der Waals surface area contributed by atoms with Gasteiger partial charge in [0.25, 0.3) is 0 Å². The molecule has 0 aliphatic carbocycles. The summed E-state index contributed by atoms with van der Waals surface area (Å²) in [6, 6.07) is 7.38. The van der Waals surface area contributed by atoms with Crippen molar-refractivity contribution >= 4 is 16.7 Å². The van der Waals surface area contributed by atoms with Crippen LogP contribution in [0.3, 0.4) is 0 Å². The number of aliphatic hydroxyl groups excluding tert-OH is 2. The van der Waals surface area contributed by atoms with Crippen LogP contribution < -0.4 is 9.64 Å². The van der Waals surface area contributed by atoms with E-state index in [0.29, 0.717) is 23.8 Å². The summed E-state index contributed by atoms with van der Waals surface area (Å²) >= 11 is 0. The summed E-state index contributed by atoms with van der Waals surface area (Å²) in [5.74, 6) is 1.42. The van der Waals surface area contributed by atoms with Gasteiger partial charge in [0.1, 0.15) is 29.7 Å². The Balaban J connectivity index is 1.72. The molecular formula is C19H23N5O3. The van der Waals surface area contributed by atoms with Gasteiger partial charge in [0.2, 0.25) is 0 Å². The van der Waals surface area contributed by atoms with E-state index in [4.69, 9.17) is 4.74 Å². The van der Waals surface area contributed by atoms with E-state index in [1.165, 1.54) is 6.33 Å². The first-order chi connectivity index (χ1) is 12.9. The number of rotatable bonds is 4. The molecule has 3 heterocycles. The maximum Gasteiger partial charge on any atom is 0.133 e. The number of aromatic nitrogens is 4. The molecule has 0 saturated carbocycles. The number of hydrogen-bond donors (Lipinski definition) is 3. The van der Waals surface area contributed by atoms with Gasteiger partial charge in [-0.3, -0.25) is 5.10 Å². The minimum absolute atomic E-state index is 0.0814. The number of nitrogens with zero attached hydrogens (tertiary/aromatic N) is 4. The third-order valence-corrected chi connectivity index (χ3v) is 4.86. The summed E-state index contributed by atoms with van der Waals surface area (Å²) in [4.78, 5) is 10.6. The number of aromatic amines is 1. The second-order valence-corrected chi connectivity index (χ2v) is 7.16. The molecule has 0 bridgehead atoms. The molecule has 1 aliphatic heterocycles. The lowest BCUT2D eigenvalue weighted by Crippen LogP contribution is -2.33. The van der Waals surface area contributed by atoms with Gasteiger partial charge in [0.15, 0.2) is 0 Å². The van der Waals surface area contributed by atoms with Gasteiger partial charge >= 0.3 is 0 Å². The van der Waals surface area contributed by atoms with Crippen molar-refractivity contribution in [2.75, 3.05) is 11.4 Å². The molecule has 1 fully saturated rings.